The van der Waals surface area contributed by atoms with Crippen LogP contribution in [0, 0.1) is 0 Å². The van der Waals surface area contributed by atoms with E-state index < -0.39 is 0 Å². The number of aromatic nitrogens is 1. The standard InChI is InChI=1S/C17H28N4O2/c1-3-23-13-7-17(22)19-15(2)14-20-9-11-21(12-10-20)16-6-4-5-8-18-16/h4-6,8,15H,3,7,9-14H2,1-2H3,(H,19,22)/t15-/m1/s1. The molecule has 0 aliphatic carbocycles. The van der Waals surface area contributed by atoms with Crippen LogP contribution in [0.15, 0.2) is 24.4 Å². The van der Waals surface area contributed by atoms with Gasteiger partial charge in [-0.1, -0.05) is 6.07 Å². The molecule has 0 aromatic carbocycles. The molecule has 0 spiro atoms. The second-order valence-corrected chi connectivity index (χ2v) is 5.89. The molecule has 1 aromatic heterocycles. The largest absolute Gasteiger partial charge is 0.381 e. The SMILES string of the molecule is CCOCCC(=O)N[C@H](C)CN1CCN(c2ccccn2)CC1. The molecule has 1 aromatic rings. The van der Waals surface area contributed by atoms with Crippen LogP contribution in [0.5, 0.6) is 0 Å². The lowest BCUT2D eigenvalue weighted by Crippen LogP contribution is -2.51. The summed E-state index contributed by atoms with van der Waals surface area (Å²) >= 11 is 0. The topological polar surface area (TPSA) is 57.7 Å². The molecule has 128 valence electrons. The van der Waals surface area contributed by atoms with Gasteiger partial charge in [0.25, 0.3) is 0 Å². The number of hydrogen-bond acceptors (Lipinski definition) is 5. The van der Waals surface area contributed by atoms with Crippen molar-refractivity contribution in [3.05, 3.63) is 24.4 Å². The maximum absolute atomic E-state index is 11.8. The predicted molar refractivity (Wildman–Crippen MR) is 91.6 cm³/mol. The Morgan fingerprint density at radius 2 is 2.13 bits per heavy atom. The first kappa shape index (κ1) is 17.7. The first-order valence-corrected chi connectivity index (χ1v) is 8.44. The maximum atomic E-state index is 11.8. The summed E-state index contributed by atoms with van der Waals surface area (Å²) in [5, 5.41) is 3.04. The molecule has 0 bridgehead atoms. The predicted octanol–water partition coefficient (Wildman–Crippen LogP) is 1.13. The number of anilines is 1. The number of nitrogens with one attached hydrogen (secondary N) is 1. The molecule has 1 atom stereocenters. The molecular formula is C17H28N4O2. The summed E-state index contributed by atoms with van der Waals surface area (Å²) in [5.74, 6) is 1.11. The number of pyridine rings is 1. The van der Waals surface area contributed by atoms with Crippen molar-refractivity contribution < 1.29 is 9.53 Å². The van der Waals surface area contributed by atoms with Gasteiger partial charge in [-0.25, -0.2) is 4.98 Å². The van der Waals surface area contributed by atoms with Gasteiger partial charge in [0.1, 0.15) is 5.82 Å². The van der Waals surface area contributed by atoms with E-state index in [1.54, 1.807) is 0 Å². The molecule has 23 heavy (non-hydrogen) atoms. The maximum Gasteiger partial charge on any atom is 0.222 e. The van der Waals surface area contributed by atoms with Crippen LogP contribution in [0.4, 0.5) is 5.82 Å². The summed E-state index contributed by atoms with van der Waals surface area (Å²) in [6.07, 6.45) is 2.27. The van der Waals surface area contributed by atoms with Gasteiger partial charge >= 0.3 is 0 Å². The van der Waals surface area contributed by atoms with Crippen LogP contribution in [0.1, 0.15) is 20.3 Å². The van der Waals surface area contributed by atoms with E-state index in [0.29, 0.717) is 19.6 Å². The second-order valence-electron chi connectivity index (χ2n) is 5.89. The van der Waals surface area contributed by atoms with Crippen LogP contribution in [0.25, 0.3) is 0 Å². The molecule has 0 unspecified atom stereocenters. The van der Waals surface area contributed by atoms with Gasteiger partial charge in [-0.05, 0) is 26.0 Å². The van der Waals surface area contributed by atoms with E-state index in [9.17, 15) is 4.79 Å². The van der Waals surface area contributed by atoms with Gasteiger partial charge in [-0.2, -0.15) is 0 Å². The minimum atomic E-state index is 0.0677. The molecule has 1 aliphatic heterocycles. The Bertz CT molecular complexity index is 461. The van der Waals surface area contributed by atoms with Crippen LogP contribution in [0.3, 0.4) is 0 Å². The van der Waals surface area contributed by atoms with Crippen molar-refractivity contribution in [2.24, 2.45) is 0 Å². The number of rotatable bonds is 8. The summed E-state index contributed by atoms with van der Waals surface area (Å²) in [6.45, 7) is 9.97. The number of carbonyl (C=O) groups excluding carboxylic acids is 1. The third kappa shape index (κ3) is 6.15. The fourth-order valence-corrected chi connectivity index (χ4v) is 2.79. The lowest BCUT2D eigenvalue weighted by Gasteiger charge is -2.36. The zero-order valence-corrected chi connectivity index (χ0v) is 14.2. The molecule has 6 heteroatoms. The molecule has 0 radical (unpaired) electrons. The summed E-state index contributed by atoms with van der Waals surface area (Å²) in [7, 11) is 0. The summed E-state index contributed by atoms with van der Waals surface area (Å²) in [4.78, 5) is 20.9. The molecule has 2 rings (SSSR count). The molecule has 6 nitrogen and oxygen atoms in total. The van der Waals surface area contributed by atoms with Crippen LogP contribution < -0.4 is 10.2 Å². The van der Waals surface area contributed by atoms with Crippen molar-refractivity contribution in [3.63, 3.8) is 0 Å². The van der Waals surface area contributed by atoms with Gasteiger partial charge in [0, 0.05) is 58.0 Å². The summed E-state index contributed by atoms with van der Waals surface area (Å²) in [5.41, 5.74) is 0. The zero-order valence-electron chi connectivity index (χ0n) is 14.2. The number of amides is 1. The van der Waals surface area contributed by atoms with E-state index in [1.165, 1.54) is 0 Å². The van der Waals surface area contributed by atoms with E-state index in [2.05, 4.69) is 33.1 Å². The Labute approximate surface area is 138 Å². The number of piperazine rings is 1. The molecule has 1 saturated heterocycles. The van der Waals surface area contributed by atoms with Crippen LogP contribution >= 0.6 is 0 Å². The van der Waals surface area contributed by atoms with Gasteiger partial charge in [-0.15, -0.1) is 0 Å². The van der Waals surface area contributed by atoms with Crippen molar-refractivity contribution in [1.82, 2.24) is 15.2 Å². The van der Waals surface area contributed by atoms with Gasteiger partial charge in [0.2, 0.25) is 5.91 Å². The highest BCUT2D eigenvalue weighted by molar-refractivity contribution is 5.76. The first-order valence-electron chi connectivity index (χ1n) is 8.44. The van der Waals surface area contributed by atoms with Crippen molar-refractivity contribution in [3.8, 4) is 0 Å². The van der Waals surface area contributed by atoms with Crippen LogP contribution in [-0.4, -0.2) is 67.8 Å². The smallest absolute Gasteiger partial charge is 0.222 e. The average molecular weight is 320 g/mol. The Morgan fingerprint density at radius 1 is 1.35 bits per heavy atom. The number of hydrogen-bond donors (Lipinski definition) is 1. The molecule has 1 fully saturated rings. The van der Waals surface area contributed by atoms with E-state index in [-0.39, 0.29) is 11.9 Å². The monoisotopic (exact) mass is 320 g/mol. The van der Waals surface area contributed by atoms with Crippen molar-refractivity contribution in [1.29, 1.82) is 0 Å². The average Bonchev–Trinajstić information content (AvgIpc) is 2.56. The van der Waals surface area contributed by atoms with Crippen molar-refractivity contribution in [2.75, 3.05) is 50.8 Å². The first-order chi connectivity index (χ1) is 11.2. The summed E-state index contributed by atoms with van der Waals surface area (Å²) in [6, 6.07) is 6.17. The molecule has 0 saturated carbocycles. The van der Waals surface area contributed by atoms with E-state index in [0.717, 1.165) is 38.5 Å². The lowest BCUT2D eigenvalue weighted by molar-refractivity contribution is -0.122. The normalized spacial score (nSPS) is 17.0. The van der Waals surface area contributed by atoms with Gasteiger partial charge in [0.05, 0.1) is 6.61 Å². The molecule has 1 amide bonds. The minimum Gasteiger partial charge on any atom is -0.381 e. The number of carbonyl (C=O) groups is 1. The zero-order chi connectivity index (χ0) is 16.5. The van der Waals surface area contributed by atoms with Gasteiger partial charge in [0.15, 0.2) is 0 Å². The molecular weight excluding hydrogens is 292 g/mol. The highest BCUT2D eigenvalue weighted by Gasteiger charge is 2.19. The number of nitrogens with zero attached hydrogens (tertiary/aromatic N) is 3. The number of ether oxygens (including phenoxy) is 1. The second kappa shape index (κ2) is 9.47. The highest BCUT2D eigenvalue weighted by atomic mass is 16.5. The Morgan fingerprint density at radius 3 is 2.78 bits per heavy atom. The third-order valence-corrected chi connectivity index (χ3v) is 3.96. The van der Waals surface area contributed by atoms with E-state index in [1.807, 2.05) is 25.3 Å². The third-order valence-electron chi connectivity index (χ3n) is 3.96. The lowest BCUT2D eigenvalue weighted by atomic mass is 10.2. The van der Waals surface area contributed by atoms with E-state index >= 15 is 0 Å². The van der Waals surface area contributed by atoms with Crippen molar-refractivity contribution >= 4 is 11.7 Å². The Kier molecular flexibility index (Phi) is 7.29. The Balaban J connectivity index is 1.66. The molecule has 1 N–H and O–H groups in total. The fraction of sp³-hybridized carbons (Fsp3) is 0.647. The molecule has 2 heterocycles. The fourth-order valence-electron chi connectivity index (χ4n) is 2.79. The van der Waals surface area contributed by atoms with Crippen LogP contribution in [0.2, 0.25) is 0 Å². The Hall–Kier alpha value is -1.66. The summed E-state index contributed by atoms with van der Waals surface area (Å²) < 4.78 is 5.21. The van der Waals surface area contributed by atoms with E-state index in [4.69, 9.17) is 4.74 Å². The van der Waals surface area contributed by atoms with Crippen LogP contribution in [-0.2, 0) is 9.53 Å². The highest BCUT2D eigenvalue weighted by Crippen LogP contribution is 2.12. The van der Waals surface area contributed by atoms with Gasteiger partial charge in [-0.3, -0.25) is 9.69 Å². The minimum absolute atomic E-state index is 0.0677. The van der Waals surface area contributed by atoms with Crippen molar-refractivity contribution in [2.45, 2.75) is 26.3 Å². The van der Waals surface area contributed by atoms with Gasteiger partial charge < -0.3 is 15.0 Å². The quantitative estimate of drug-likeness (QED) is 0.728. The molecule has 1 aliphatic rings.